The largest absolute Gasteiger partial charge is 0.380 e. The number of hydrogen-bond donors (Lipinski definition) is 2. The molecule has 0 radical (unpaired) electrons. The molecule has 4 atom stereocenters. The van der Waals surface area contributed by atoms with Crippen LogP contribution in [-0.2, 0) is 9.53 Å². The van der Waals surface area contributed by atoms with Crippen molar-refractivity contribution in [3.63, 3.8) is 0 Å². The van der Waals surface area contributed by atoms with E-state index in [4.69, 9.17) is 4.74 Å². The van der Waals surface area contributed by atoms with E-state index in [1.165, 1.54) is 13.0 Å². The number of ether oxygens (including phenoxy) is 1. The molecule has 0 aliphatic carbocycles. The summed E-state index contributed by atoms with van der Waals surface area (Å²) in [6.45, 7) is 13.2. The molecule has 4 nitrogen and oxygen atoms in total. The maximum Gasteiger partial charge on any atom is 0.217 e. The molecule has 1 fully saturated rings. The molecule has 1 aliphatic rings. The summed E-state index contributed by atoms with van der Waals surface area (Å²) in [6.07, 6.45) is 1.72. The molecule has 1 heterocycles. The molecule has 1 rings (SSSR count). The lowest BCUT2D eigenvalue weighted by Gasteiger charge is -2.32. The van der Waals surface area contributed by atoms with Crippen LogP contribution in [0.5, 0.6) is 0 Å². The van der Waals surface area contributed by atoms with Crippen molar-refractivity contribution in [3.05, 3.63) is 18.4 Å². The predicted octanol–water partition coefficient (Wildman–Crippen LogP) is 2.03. The van der Waals surface area contributed by atoms with Gasteiger partial charge < -0.3 is 15.2 Å². The smallest absolute Gasteiger partial charge is 0.217 e. The zero-order valence-electron chi connectivity index (χ0n) is 13.1. The van der Waals surface area contributed by atoms with Crippen LogP contribution >= 0.6 is 0 Å². The van der Waals surface area contributed by atoms with Gasteiger partial charge in [-0.1, -0.05) is 34.3 Å². The normalized spacial score (nSPS) is 33.3. The van der Waals surface area contributed by atoms with E-state index in [0.717, 1.165) is 6.42 Å². The summed E-state index contributed by atoms with van der Waals surface area (Å²) >= 11 is 0. The highest BCUT2D eigenvalue weighted by atomic mass is 16.5. The summed E-state index contributed by atoms with van der Waals surface area (Å²) in [4.78, 5) is 11.5. The summed E-state index contributed by atoms with van der Waals surface area (Å²) in [5.41, 5.74) is 1.39. The Hall–Kier alpha value is -1.09. The maximum absolute atomic E-state index is 11.5. The highest BCUT2D eigenvalue weighted by molar-refractivity contribution is 5.73. The van der Waals surface area contributed by atoms with Crippen molar-refractivity contribution in [3.8, 4) is 0 Å². The fraction of sp³-hybridized carbons (Fsp3) is 0.750. The summed E-state index contributed by atoms with van der Waals surface area (Å²) in [5.74, 6) is 0.366. The van der Waals surface area contributed by atoms with E-state index in [0.29, 0.717) is 5.92 Å². The summed E-state index contributed by atoms with van der Waals surface area (Å²) < 4.78 is 6.05. The van der Waals surface area contributed by atoms with E-state index in [-0.39, 0.29) is 24.0 Å². The molecule has 4 heteroatoms. The Balaban J connectivity index is 3.16. The lowest BCUT2D eigenvalue weighted by atomic mass is 9.82. The molecule has 0 aromatic carbocycles. The molecule has 1 aliphatic heterocycles. The zero-order valence-corrected chi connectivity index (χ0v) is 13.1. The Kier molecular flexibility index (Phi) is 5.58. The molecule has 0 unspecified atom stereocenters. The van der Waals surface area contributed by atoms with Crippen molar-refractivity contribution in [2.24, 2.45) is 11.8 Å². The lowest BCUT2D eigenvalue weighted by Crippen LogP contribution is -2.56. The first-order chi connectivity index (χ1) is 9.22. The van der Waals surface area contributed by atoms with Gasteiger partial charge in [-0.2, -0.15) is 0 Å². The van der Waals surface area contributed by atoms with Crippen molar-refractivity contribution in [2.75, 3.05) is 0 Å². The van der Waals surface area contributed by atoms with Gasteiger partial charge in [0, 0.05) is 6.92 Å². The van der Waals surface area contributed by atoms with E-state index >= 15 is 0 Å². The zero-order chi connectivity index (χ0) is 15.5. The fourth-order valence-corrected chi connectivity index (χ4v) is 2.96. The van der Waals surface area contributed by atoms with Crippen LogP contribution in [0.25, 0.3) is 0 Å². The first-order valence-electron chi connectivity index (χ1n) is 7.24. The number of nitrogens with one attached hydrogen (secondary N) is 1. The average molecular weight is 281 g/mol. The number of rotatable bonds is 5. The van der Waals surface area contributed by atoms with Crippen LogP contribution in [0.1, 0.15) is 41.0 Å². The highest BCUT2D eigenvalue weighted by Gasteiger charge is 2.55. The molecule has 1 saturated heterocycles. The third-order valence-electron chi connectivity index (χ3n) is 3.65. The summed E-state index contributed by atoms with van der Waals surface area (Å²) in [6, 6.07) is -0.468. The van der Waals surface area contributed by atoms with Crippen molar-refractivity contribution in [1.29, 1.82) is 0 Å². The van der Waals surface area contributed by atoms with Crippen LogP contribution in [0.4, 0.5) is 0 Å². The van der Waals surface area contributed by atoms with Crippen LogP contribution < -0.4 is 5.32 Å². The van der Waals surface area contributed by atoms with Crippen molar-refractivity contribution >= 4 is 5.91 Å². The van der Waals surface area contributed by atoms with E-state index in [1.807, 2.05) is 13.8 Å². The van der Waals surface area contributed by atoms with Crippen LogP contribution in [0.2, 0.25) is 0 Å². The van der Waals surface area contributed by atoms with Gasteiger partial charge in [-0.05, 0) is 24.3 Å². The molecule has 2 N–H and O–H groups in total. The minimum atomic E-state index is -1.26. The lowest BCUT2D eigenvalue weighted by molar-refractivity contribution is -0.121. The second-order valence-corrected chi connectivity index (χ2v) is 6.38. The first kappa shape index (κ1) is 17.0. The number of carbonyl (C=O) groups excluding carboxylic acids is 1. The van der Waals surface area contributed by atoms with Crippen LogP contribution in [0.15, 0.2) is 18.4 Å². The molecule has 114 valence electrons. The molecule has 0 aromatic heterocycles. The monoisotopic (exact) mass is 281 g/mol. The van der Waals surface area contributed by atoms with Gasteiger partial charge in [0.2, 0.25) is 5.91 Å². The maximum atomic E-state index is 11.5. The van der Waals surface area contributed by atoms with Crippen LogP contribution in [-0.4, -0.2) is 34.9 Å². The Labute approximate surface area is 121 Å². The minimum absolute atomic E-state index is 0.123. The third kappa shape index (κ3) is 3.51. The second-order valence-electron chi connectivity index (χ2n) is 6.38. The highest BCUT2D eigenvalue weighted by Crippen LogP contribution is 2.38. The first-order valence-corrected chi connectivity index (χ1v) is 7.24. The standard InChI is InChI=1S/C16H27NO3/c1-7-8-16(19)14(17-12(6)18)13(9-10(2)3)20-15(16)11(4)5/h8,10-11,13-15,19H,1,9H2,2-6H3,(H,17,18)/t13-,14+,15+,16-/m1/s1. The molecular formula is C16H27NO3. The van der Waals surface area contributed by atoms with Gasteiger partial charge in [0.25, 0.3) is 0 Å². The number of carbonyl (C=O) groups is 1. The van der Waals surface area contributed by atoms with Gasteiger partial charge in [0.1, 0.15) is 5.60 Å². The van der Waals surface area contributed by atoms with Crippen molar-refractivity contribution < 1.29 is 14.6 Å². The number of amides is 1. The van der Waals surface area contributed by atoms with E-state index < -0.39 is 11.6 Å². The number of hydrogen-bond acceptors (Lipinski definition) is 3. The molecule has 0 aromatic rings. The Morgan fingerprint density at radius 2 is 2.10 bits per heavy atom. The Morgan fingerprint density at radius 3 is 2.50 bits per heavy atom. The summed E-state index contributed by atoms with van der Waals surface area (Å²) in [7, 11) is 0. The van der Waals surface area contributed by atoms with Gasteiger partial charge in [-0.25, -0.2) is 0 Å². The van der Waals surface area contributed by atoms with Gasteiger partial charge >= 0.3 is 0 Å². The second kappa shape index (κ2) is 6.57. The molecule has 0 bridgehead atoms. The van der Waals surface area contributed by atoms with Crippen molar-refractivity contribution in [2.45, 2.75) is 64.9 Å². The fourth-order valence-electron chi connectivity index (χ4n) is 2.96. The Bertz CT molecular complexity index is 399. The van der Waals surface area contributed by atoms with Gasteiger partial charge in [0.15, 0.2) is 0 Å². The van der Waals surface area contributed by atoms with Crippen molar-refractivity contribution in [1.82, 2.24) is 5.32 Å². The van der Waals surface area contributed by atoms with E-state index in [2.05, 4.69) is 31.5 Å². The van der Waals surface area contributed by atoms with Gasteiger partial charge in [-0.15, -0.1) is 5.73 Å². The number of aliphatic hydroxyl groups is 1. The quantitative estimate of drug-likeness (QED) is 0.758. The SMILES string of the molecule is C=C=C[C@]1(O)[C@H](C(C)C)O[C@H](CC(C)C)[C@@H]1NC(C)=O. The topological polar surface area (TPSA) is 58.6 Å². The van der Waals surface area contributed by atoms with Crippen LogP contribution in [0.3, 0.4) is 0 Å². The van der Waals surface area contributed by atoms with Gasteiger partial charge in [-0.3, -0.25) is 4.79 Å². The predicted molar refractivity (Wildman–Crippen MR) is 79.2 cm³/mol. The van der Waals surface area contributed by atoms with Gasteiger partial charge in [0.05, 0.1) is 18.2 Å². The molecule has 20 heavy (non-hydrogen) atoms. The molecular weight excluding hydrogens is 254 g/mol. The third-order valence-corrected chi connectivity index (χ3v) is 3.65. The average Bonchev–Trinajstić information content (AvgIpc) is 2.53. The minimum Gasteiger partial charge on any atom is -0.380 e. The molecule has 1 amide bonds. The summed E-state index contributed by atoms with van der Waals surface area (Å²) in [5, 5.41) is 13.9. The molecule has 0 spiro atoms. The van der Waals surface area contributed by atoms with E-state index in [9.17, 15) is 9.90 Å². The van der Waals surface area contributed by atoms with Crippen LogP contribution in [0, 0.1) is 11.8 Å². The molecule has 0 saturated carbocycles. The van der Waals surface area contributed by atoms with E-state index in [1.54, 1.807) is 0 Å². The Morgan fingerprint density at radius 1 is 1.50 bits per heavy atom.